The second-order valence-electron chi connectivity index (χ2n) is 5.23. The third kappa shape index (κ3) is 2.46. The van der Waals surface area contributed by atoms with E-state index in [0.717, 1.165) is 22.9 Å². The first-order valence-electron chi connectivity index (χ1n) is 6.92. The number of aryl methyl sites for hydroxylation is 1. The zero-order valence-corrected chi connectivity index (χ0v) is 13.0. The molecule has 3 rings (SSSR count). The number of halogens is 1. The van der Waals surface area contributed by atoms with Crippen molar-refractivity contribution in [1.82, 2.24) is 0 Å². The molecule has 0 saturated heterocycles. The van der Waals surface area contributed by atoms with E-state index in [9.17, 15) is 5.11 Å². The molecule has 0 fully saturated rings. The van der Waals surface area contributed by atoms with E-state index in [2.05, 4.69) is 58.4 Å². The van der Waals surface area contributed by atoms with Crippen LogP contribution in [0.15, 0.2) is 53.0 Å². The van der Waals surface area contributed by atoms with Crippen molar-refractivity contribution in [3.8, 4) is 0 Å². The van der Waals surface area contributed by atoms with Crippen LogP contribution in [0.4, 0.5) is 0 Å². The van der Waals surface area contributed by atoms with Gasteiger partial charge in [0.25, 0.3) is 0 Å². The van der Waals surface area contributed by atoms with E-state index in [1.807, 2.05) is 13.0 Å². The summed E-state index contributed by atoms with van der Waals surface area (Å²) in [5.41, 5.74) is 6.09. The van der Waals surface area contributed by atoms with Crippen LogP contribution in [0.25, 0.3) is 11.1 Å². The van der Waals surface area contributed by atoms with Gasteiger partial charge in [0.2, 0.25) is 0 Å². The maximum atomic E-state index is 10.2. The molecule has 2 aromatic carbocycles. The van der Waals surface area contributed by atoms with Gasteiger partial charge in [0.1, 0.15) is 0 Å². The van der Waals surface area contributed by atoms with Crippen LogP contribution in [0.1, 0.15) is 30.0 Å². The molecule has 1 aliphatic carbocycles. The molecular weight excluding hydrogens is 312 g/mol. The number of rotatable bonds is 2. The van der Waals surface area contributed by atoms with E-state index in [4.69, 9.17) is 0 Å². The second-order valence-corrected chi connectivity index (χ2v) is 6.15. The van der Waals surface area contributed by atoms with Crippen molar-refractivity contribution in [3.63, 3.8) is 0 Å². The van der Waals surface area contributed by atoms with Crippen LogP contribution in [-0.4, -0.2) is 11.2 Å². The van der Waals surface area contributed by atoms with Gasteiger partial charge < -0.3 is 5.11 Å². The summed E-state index contributed by atoms with van der Waals surface area (Å²) in [6, 6.07) is 16.8. The number of allylic oxidation sites excluding steroid dienone is 1. The Morgan fingerprint density at radius 1 is 1.00 bits per heavy atom. The highest BCUT2D eigenvalue weighted by Crippen LogP contribution is 2.38. The Morgan fingerprint density at radius 3 is 2.40 bits per heavy atom. The molecule has 0 heterocycles. The van der Waals surface area contributed by atoms with Crippen molar-refractivity contribution in [1.29, 1.82) is 0 Å². The van der Waals surface area contributed by atoms with Gasteiger partial charge in [-0.25, -0.2) is 0 Å². The van der Waals surface area contributed by atoms with Gasteiger partial charge in [-0.2, -0.15) is 0 Å². The zero-order valence-electron chi connectivity index (χ0n) is 11.4. The second kappa shape index (κ2) is 5.55. The molecule has 102 valence electrons. The normalized spacial score (nSPS) is 15.9. The van der Waals surface area contributed by atoms with Gasteiger partial charge in [-0.1, -0.05) is 52.3 Å². The van der Waals surface area contributed by atoms with E-state index in [1.54, 1.807) is 0 Å². The van der Waals surface area contributed by atoms with Gasteiger partial charge in [0, 0.05) is 4.47 Å². The molecular formula is C18H17BrO. The average molecular weight is 329 g/mol. The third-order valence-electron chi connectivity index (χ3n) is 3.89. The number of aliphatic hydroxyl groups is 1. The number of hydrogen-bond acceptors (Lipinski definition) is 1. The summed E-state index contributed by atoms with van der Waals surface area (Å²) in [6.07, 6.45) is 1.58. The molecule has 20 heavy (non-hydrogen) atoms. The van der Waals surface area contributed by atoms with E-state index in [-0.39, 0.29) is 0 Å². The lowest BCUT2D eigenvalue weighted by atomic mass is 9.81. The first kappa shape index (κ1) is 13.6. The van der Waals surface area contributed by atoms with Crippen LogP contribution in [0, 0.1) is 0 Å². The molecule has 0 spiro atoms. The minimum Gasteiger partial charge on any atom is -0.389 e. The van der Waals surface area contributed by atoms with Crippen molar-refractivity contribution in [2.75, 3.05) is 0 Å². The van der Waals surface area contributed by atoms with Crippen molar-refractivity contribution in [3.05, 3.63) is 69.7 Å². The largest absolute Gasteiger partial charge is 0.389 e. The van der Waals surface area contributed by atoms with Crippen LogP contribution in [0.5, 0.6) is 0 Å². The monoisotopic (exact) mass is 328 g/mol. The molecule has 2 heteroatoms. The summed E-state index contributed by atoms with van der Waals surface area (Å²) in [4.78, 5) is 0. The highest BCUT2D eigenvalue weighted by atomic mass is 79.9. The Labute approximate surface area is 128 Å². The van der Waals surface area contributed by atoms with Gasteiger partial charge in [-0.3, -0.25) is 0 Å². The van der Waals surface area contributed by atoms with Crippen molar-refractivity contribution >= 4 is 27.1 Å². The fraction of sp³-hybridized carbons (Fsp3) is 0.222. The highest BCUT2D eigenvalue weighted by Gasteiger charge is 2.22. The molecule has 1 aliphatic rings. The maximum Gasteiger partial charge on any atom is 0.0770 e. The summed E-state index contributed by atoms with van der Waals surface area (Å²) in [5.74, 6) is 0. The molecule has 0 bridgehead atoms. The molecule has 0 amide bonds. The topological polar surface area (TPSA) is 20.2 Å². The third-order valence-corrected chi connectivity index (χ3v) is 4.42. The zero-order chi connectivity index (χ0) is 14.1. The maximum absolute atomic E-state index is 10.2. The Hall–Kier alpha value is -1.38. The van der Waals surface area contributed by atoms with Gasteiger partial charge in [0.05, 0.1) is 6.10 Å². The van der Waals surface area contributed by atoms with Crippen LogP contribution in [0.3, 0.4) is 0 Å². The van der Waals surface area contributed by atoms with Crippen molar-refractivity contribution in [2.24, 2.45) is 0 Å². The van der Waals surface area contributed by atoms with Crippen molar-refractivity contribution < 1.29 is 5.11 Å². The fourth-order valence-corrected chi connectivity index (χ4v) is 3.25. The molecule has 1 atom stereocenters. The lowest BCUT2D eigenvalue weighted by Gasteiger charge is -2.25. The summed E-state index contributed by atoms with van der Waals surface area (Å²) < 4.78 is 1.08. The van der Waals surface area contributed by atoms with E-state index in [1.165, 1.54) is 22.3 Å². The highest BCUT2D eigenvalue weighted by molar-refractivity contribution is 9.10. The predicted molar refractivity (Wildman–Crippen MR) is 87.4 cm³/mol. The Kier molecular flexibility index (Phi) is 3.77. The quantitative estimate of drug-likeness (QED) is 0.848. The molecule has 0 saturated carbocycles. The van der Waals surface area contributed by atoms with Crippen molar-refractivity contribution in [2.45, 2.75) is 25.9 Å². The standard InChI is InChI=1S/C18H17BrO/c1-12(20)18-16-5-3-2-4-13(16)8-11-17(18)14-6-9-15(19)10-7-14/h2-7,9-10,12,20H,8,11H2,1H3. The Bertz CT molecular complexity index is 653. The summed E-state index contributed by atoms with van der Waals surface area (Å²) in [6.45, 7) is 1.86. The Morgan fingerprint density at radius 2 is 1.70 bits per heavy atom. The molecule has 0 radical (unpaired) electrons. The minimum absolute atomic E-state index is 0.449. The predicted octanol–water partition coefficient (Wildman–Crippen LogP) is 4.69. The van der Waals surface area contributed by atoms with Gasteiger partial charge in [0.15, 0.2) is 0 Å². The lowest BCUT2D eigenvalue weighted by molar-refractivity contribution is 0.253. The molecule has 2 aromatic rings. The van der Waals surface area contributed by atoms with Crippen LogP contribution < -0.4 is 0 Å². The molecule has 0 aliphatic heterocycles. The van der Waals surface area contributed by atoms with E-state index in [0.29, 0.717) is 0 Å². The SMILES string of the molecule is CC(O)C1=C(c2ccc(Br)cc2)CCc2ccccc21. The molecule has 1 unspecified atom stereocenters. The first-order chi connectivity index (χ1) is 9.66. The van der Waals surface area contributed by atoms with Gasteiger partial charge in [-0.05, 0) is 59.7 Å². The summed E-state index contributed by atoms with van der Waals surface area (Å²) >= 11 is 3.47. The summed E-state index contributed by atoms with van der Waals surface area (Å²) in [5, 5.41) is 10.2. The van der Waals surface area contributed by atoms with E-state index < -0.39 is 6.10 Å². The number of hydrogen-bond donors (Lipinski definition) is 1. The molecule has 0 aromatic heterocycles. The smallest absolute Gasteiger partial charge is 0.0770 e. The minimum atomic E-state index is -0.449. The Balaban J connectivity index is 2.18. The average Bonchev–Trinajstić information content (AvgIpc) is 2.46. The van der Waals surface area contributed by atoms with Crippen LogP contribution in [0.2, 0.25) is 0 Å². The molecule has 1 nitrogen and oxygen atoms in total. The van der Waals surface area contributed by atoms with E-state index >= 15 is 0 Å². The number of fused-ring (bicyclic) bond motifs is 1. The lowest BCUT2D eigenvalue weighted by Crippen LogP contribution is -2.13. The number of aliphatic hydroxyl groups excluding tert-OH is 1. The van der Waals surface area contributed by atoms with Crippen LogP contribution >= 0.6 is 15.9 Å². The van der Waals surface area contributed by atoms with Gasteiger partial charge in [-0.15, -0.1) is 0 Å². The fourth-order valence-electron chi connectivity index (χ4n) is 2.99. The molecule has 1 N–H and O–H groups in total. The first-order valence-corrected chi connectivity index (χ1v) is 7.71. The summed E-state index contributed by atoms with van der Waals surface area (Å²) in [7, 11) is 0. The van der Waals surface area contributed by atoms with Crippen LogP contribution in [-0.2, 0) is 6.42 Å². The number of benzene rings is 2. The van der Waals surface area contributed by atoms with Gasteiger partial charge >= 0.3 is 0 Å².